The van der Waals surface area contributed by atoms with Gasteiger partial charge in [0, 0.05) is 6.04 Å². The van der Waals surface area contributed by atoms with Crippen molar-refractivity contribution in [3.63, 3.8) is 0 Å². The SMILES string of the molecule is O=c1[nH]nc(NC2CC2)c(=O)[nH]1. The van der Waals surface area contributed by atoms with Gasteiger partial charge in [0.1, 0.15) is 0 Å². The number of aromatic amines is 2. The van der Waals surface area contributed by atoms with E-state index in [1.165, 1.54) is 0 Å². The summed E-state index contributed by atoms with van der Waals surface area (Å²) in [7, 11) is 0. The van der Waals surface area contributed by atoms with E-state index in [0.29, 0.717) is 6.04 Å². The van der Waals surface area contributed by atoms with E-state index in [1.807, 2.05) is 0 Å². The summed E-state index contributed by atoms with van der Waals surface area (Å²) >= 11 is 0. The second kappa shape index (κ2) is 2.47. The van der Waals surface area contributed by atoms with E-state index in [1.54, 1.807) is 0 Å². The molecule has 1 saturated carbocycles. The van der Waals surface area contributed by atoms with Gasteiger partial charge < -0.3 is 5.32 Å². The third-order valence-corrected chi connectivity index (χ3v) is 1.63. The van der Waals surface area contributed by atoms with Crippen molar-refractivity contribution in [3.05, 3.63) is 20.8 Å². The second-order valence-corrected chi connectivity index (χ2v) is 2.77. The van der Waals surface area contributed by atoms with E-state index in [4.69, 9.17) is 0 Å². The van der Waals surface area contributed by atoms with Crippen LogP contribution in [0.1, 0.15) is 12.8 Å². The smallest absolute Gasteiger partial charge is 0.342 e. The largest absolute Gasteiger partial charge is 0.361 e. The van der Waals surface area contributed by atoms with Crippen LogP contribution in [0.3, 0.4) is 0 Å². The zero-order chi connectivity index (χ0) is 8.55. The third kappa shape index (κ3) is 1.36. The number of anilines is 1. The topological polar surface area (TPSA) is 90.6 Å². The highest BCUT2D eigenvalue weighted by atomic mass is 16.2. The van der Waals surface area contributed by atoms with E-state index >= 15 is 0 Å². The lowest BCUT2D eigenvalue weighted by molar-refractivity contribution is 0.882. The molecule has 64 valence electrons. The number of nitrogens with zero attached hydrogens (tertiary/aromatic N) is 1. The number of nitrogens with one attached hydrogen (secondary N) is 3. The first kappa shape index (κ1) is 7.08. The number of hydrogen-bond acceptors (Lipinski definition) is 4. The molecule has 1 heterocycles. The molecule has 0 saturated heterocycles. The van der Waals surface area contributed by atoms with Crippen LogP contribution in [-0.4, -0.2) is 21.2 Å². The molecule has 2 rings (SSSR count). The molecule has 12 heavy (non-hydrogen) atoms. The van der Waals surface area contributed by atoms with Gasteiger partial charge in [0.05, 0.1) is 0 Å². The molecule has 1 aliphatic carbocycles. The normalized spacial score (nSPS) is 16.0. The molecule has 0 atom stereocenters. The number of rotatable bonds is 2. The van der Waals surface area contributed by atoms with Crippen molar-refractivity contribution in [2.75, 3.05) is 5.32 Å². The summed E-state index contributed by atoms with van der Waals surface area (Å²) in [5, 5.41) is 8.60. The molecule has 1 aromatic heterocycles. The van der Waals surface area contributed by atoms with Crippen LogP contribution in [0.15, 0.2) is 9.59 Å². The summed E-state index contributed by atoms with van der Waals surface area (Å²) in [6.07, 6.45) is 2.11. The van der Waals surface area contributed by atoms with Crippen LogP contribution >= 0.6 is 0 Å². The summed E-state index contributed by atoms with van der Waals surface area (Å²) in [6.45, 7) is 0. The van der Waals surface area contributed by atoms with Gasteiger partial charge in [-0.25, -0.2) is 9.89 Å². The fourth-order valence-electron chi connectivity index (χ4n) is 0.867. The van der Waals surface area contributed by atoms with Crippen LogP contribution in [0.5, 0.6) is 0 Å². The fourth-order valence-corrected chi connectivity index (χ4v) is 0.867. The van der Waals surface area contributed by atoms with Crippen LogP contribution in [0.25, 0.3) is 0 Å². The molecule has 0 amide bonds. The van der Waals surface area contributed by atoms with Gasteiger partial charge in [-0.15, -0.1) is 5.10 Å². The minimum atomic E-state index is -0.582. The average Bonchev–Trinajstić information content (AvgIpc) is 2.79. The molecule has 0 aliphatic heterocycles. The highest BCUT2D eigenvalue weighted by Crippen LogP contribution is 2.21. The molecule has 0 unspecified atom stereocenters. The molecule has 3 N–H and O–H groups in total. The molecular weight excluding hydrogens is 160 g/mol. The Bertz CT molecular complexity index is 389. The van der Waals surface area contributed by atoms with Crippen molar-refractivity contribution in [1.29, 1.82) is 0 Å². The Kier molecular flexibility index (Phi) is 1.46. The average molecular weight is 168 g/mol. The Morgan fingerprint density at radius 3 is 2.75 bits per heavy atom. The first-order chi connectivity index (χ1) is 5.75. The van der Waals surface area contributed by atoms with Crippen LogP contribution in [-0.2, 0) is 0 Å². The molecule has 1 aliphatic rings. The summed E-state index contributed by atoms with van der Waals surface area (Å²) < 4.78 is 0. The van der Waals surface area contributed by atoms with Gasteiger partial charge in [-0.3, -0.25) is 9.78 Å². The van der Waals surface area contributed by atoms with Crippen molar-refractivity contribution < 1.29 is 0 Å². The Balaban J connectivity index is 2.30. The highest BCUT2D eigenvalue weighted by Gasteiger charge is 2.22. The van der Waals surface area contributed by atoms with E-state index in [2.05, 4.69) is 20.5 Å². The summed E-state index contributed by atoms with van der Waals surface area (Å²) in [4.78, 5) is 23.6. The maximum Gasteiger partial charge on any atom is 0.342 e. The van der Waals surface area contributed by atoms with Gasteiger partial charge in [-0.1, -0.05) is 0 Å². The molecule has 6 nitrogen and oxygen atoms in total. The van der Waals surface area contributed by atoms with Crippen LogP contribution in [0, 0.1) is 0 Å². The van der Waals surface area contributed by atoms with Gasteiger partial charge in [0.25, 0.3) is 5.56 Å². The minimum absolute atomic E-state index is 0.192. The van der Waals surface area contributed by atoms with Gasteiger partial charge in [0.15, 0.2) is 0 Å². The Labute approximate surface area is 67.0 Å². The summed E-state index contributed by atoms with van der Waals surface area (Å²) in [5.41, 5.74) is -1.05. The monoisotopic (exact) mass is 168 g/mol. The van der Waals surface area contributed by atoms with Crippen molar-refractivity contribution in [3.8, 4) is 0 Å². The van der Waals surface area contributed by atoms with Crippen molar-refractivity contribution in [2.45, 2.75) is 18.9 Å². The first-order valence-corrected chi connectivity index (χ1v) is 3.71. The predicted molar refractivity (Wildman–Crippen MR) is 42.1 cm³/mol. The van der Waals surface area contributed by atoms with Gasteiger partial charge in [-0.05, 0) is 12.8 Å². The van der Waals surface area contributed by atoms with Crippen molar-refractivity contribution >= 4 is 5.82 Å². The Hall–Kier alpha value is -1.59. The lowest BCUT2D eigenvalue weighted by Crippen LogP contribution is -2.27. The molecule has 0 radical (unpaired) electrons. The maximum absolute atomic E-state index is 11.0. The minimum Gasteiger partial charge on any atom is -0.361 e. The number of hydrogen-bond donors (Lipinski definition) is 3. The molecule has 1 fully saturated rings. The Morgan fingerprint density at radius 1 is 1.42 bits per heavy atom. The van der Waals surface area contributed by atoms with E-state index < -0.39 is 11.2 Å². The van der Waals surface area contributed by atoms with Crippen LogP contribution < -0.4 is 16.6 Å². The molecular formula is C6H8N4O2. The van der Waals surface area contributed by atoms with Gasteiger partial charge >= 0.3 is 5.69 Å². The number of H-pyrrole nitrogens is 2. The zero-order valence-corrected chi connectivity index (χ0v) is 6.26. The quantitative estimate of drug-likeness (QED) is 0.530. The standard InChI is InChI=1S/C6H8N4O2/c11-5-4(7-3-1-2-3)9-10-6(12)8-5/h3H,1-2H2,(H,7,9)(H2,8,10,11,12). The lowest BCUT2D eigenvalue weighted by Gasteiger charge is -1.98. The van der Waals surface area contributed by atoms with Crippen LogP contribution in [0.2, 0.25) is 0 Å². The highest BCUT2D eigenvalue weighted by molar-refractivity contribution is 5.32. The van der Waals surface area contributed by atoms with Crippen molar-refractivity contribution in [1.82, 2.24) is 15.2 Å². The molecule has 0 aromatic carbocycles. The first-order valence-electron chi connectivity index (χ1n) is 3.71. The fraction of sp³-hybridized carbons (Fsp3) is 0.500. The summed E-state index contributed by atoms with van der Waals surface area (Å²) in [5.74, 6) is 0.192. The second-order valence-electron chi connectivity index (χ2n) is 2.77. The predicted octanol–water partition coefficient (Wildman–Crippen LogP) is -0.968. The lowest BCUT2D eigenvalue weighted by atomic mass is 10.6. The van der Waals surface area contributed by atoms with Gasteiger partial charge in [0.2, 0.25) is 5.82 Å². The van der Waals surface area contributed by atoms with Crippen molar-refractivity contribution in [2.24, 2.45) is 0 Å². The maximum atomic E-state index is 11.0. The molecule has 1 aromatic rings. The van der Waals surface area contributed by atoms with E-state index in [9.17, 15) is 9.59 Å². The Morgan fingerprint density at radius 2 is 2.17 bits per heavy atom. The molecule has 6 heteroatoms. The molecule has 0 bridgehead atoms. The van der Waals surface area contributed by atoms with Gasteiger partial charge in [-0.2, -0.15) is 0 Å². The molecule has 0 spiro atoms. The van der Waals surface area contributed by atoms with E-state index in [0.717, 1.165) is 12.8 Å². The van der Waals surface area contributed by atoms with E-state index in [-0.39, 0.29) is 5.82 Å². The third-order valence-electron chi connectivity index (χ3n) is 1.63. The van der Waals surface area contributed by atoms with Crippen LogP contribution in [0.4, 0.5) is 5.82 Å². The summed E-state index contributed by atoms with van der Waals surface area (Å²) in [6, 6.07) is 0.351. The number of aromatic nitrogens is 3. The zero-order valence-electron chi connectivity index (χ0n) is 6.26.